The van der Waals surface area contributed by atoms with E-state index in [9.17, 15) is 24.6 Å². The lowest BCUT2D eigenvalue weighted by atomic mass is 9.72. The molecule has 2 aliphatic carbocycles. The minimum atomic E-state index is -2.20. The summed E-state index contributed by atoms with van der Waals surface area (Å²) in [5.74, 6) is -4.31. The van der Waals surface area contributed by atoms with Gasteiger partial charge in [0.05, 0.1) is 5.92 Å². The summed E-state index contributed by atoms with van der Waals surface area (Å²) in [6.07, 6.45) is 29.1. The molecule has 2 aliphatic rings. The number of carboxylic acid groups (broad SMARTS) is 2. The van der Waals surface area contributed by atoms with Crippen molar-refractivity contribution in [2.45, 2.75) is 153 Å². The molecular formula is C49H71NO6. The van der Waals surface area contributed by atoms with Gasteiger partial charge in [0, 0.05) is 6.42 Å². The third kappa shape index (κ3) is 14.9. The van der Waals surface area contributed by atoms with E-state index in [1.165, 1.54) is 48.0 Å². The Hall–Kier alpha value is -4.39. The molecule has 1 unspecified atom stereocenters. The van der Waals surface area contributed by atoms with E-state index in [-0.39, 0.29) is 23.7 Å². The second-order valence-corrected chi connectivity index (χ2v) is 18.2. The molecule has 7 nitrogen and oxygen atoms in total. The first kappa shape index (κ1) is 47.8. The van der Waals surface area contributed by atoms with Crippen molar-refractivity contribution >= 4 is 18.0 Å². The molecule has 2 rings (SSSR count). The maximum absolute atomic E-state index is 13.1. The largest absolute Gasteiger partial charge is 0.481 e. The quantitative estimate of drug-likeness (QED) is 0.135. The zero-order valence-corrected chi connectivity index (χ0v) is 36.7. The number of allylic oxidation sites excluding steroid dienone is 19. The normalized spacial score (nSPS) is 20.7. The Labute approximate surface area is 338 Å². The highest BCUT2D eigenvalue weighted by atomic mass is 16.6. The molecule has 0 aromatic carbocycles. The molecule has 0 spiro atoms. The number of hydrogen-bond donors (Lipinski definition) is 3. The van der Waals surface area contributed by atoms with Crippen molar-refractivity contribution in [1.29, 1.82) is 0 Å². The van der Waals surface area contributed by atoms with Crippen LogP contribution < -0.4 is 5.32 Å². The molecular weight excluding hydrogens is 699 g/mol. The molecule has 0 fully saturated rings. The van der Waals surface area contributed by atoms with Gasteiger partial charge in [0.25, 0.3) is 0 Å². The smallest absolute Gasteiger partial charge is 0.408 e. The second kappa shape index (κ2) is 20.7. The Morgan fingerprint density at radius 2 is 1.18 bits per heavy atom. The SMILES string of the molecule is CC(C=CC1=C(C)CCCC1(C)C)=CC=CC(C)=CCC(C(=O)O)[C@](CC=C(C)C=CC=C(C)C=CC1=C(C)CCCC1(C)C)(NC(=O)OC(C)(C)C)C(=O)O. The van der Waals surface area contributed by atoms with Crippen molar-refractivity contribution in [2.24, 2.45) is 16.7 Å². The predicted octanol–water partition coefficient (Wildman–Crippen LogP) is 12.9. The minimum absolute atomic E-state index is 0.136. The van der Waals surface area contributed by atoms with Crippen LogP contribution in [0.5, 0.6) is 0 Å². The van der Waals surface area contributed by atoms with Gasteiger partial charge in [-0.2, -0.15) is 0 Å². The van der Waals surface area contributed by atoms with Gasteiger partial charge in [-0.1, -0.05) is 134 Å². The monoisotopic (exact) mass is 770 g/mol. The van der Waals surface area contributed by atoms with Crippen LogP contribution in [-0.2, 0) is 14.3 Å². The third-order valence-electron chi connectivity index (χ3n) is 11.0. The first-order valence-electron chi connectivity index (χ1n) is 20.2. The predicted molar refractivity (Wildman–Crippen MR) is 232 cm³/mol. The van der Waals surface area contributed by atoms with Crippen molar-refractivity contribution < 1.29 is 29.3 Å². The van der Waals surface area contributed by atoms with E-state index in [4.69, 9.17) is 4.74 Å². The topological polar surface area (TPSA) is 113 Å². The van der Waals surface area contributed by atoms with Crippen molar-refractivity contribution in [3.63, 3.8) is 0 Å². The van der Waals surface area contributed by atoms with E-state index >= 15 is 0 Å². The zero-order valence-electron chi connectivity index (χ0n) is 36.7. The average molecular weight is 770 g/mol. The molecule has 0 aromatic heterocycles. The van der Waals surface area contributed by atoms with Gasteiger partial charge in [0.1, 0.15) is 5.60 Å². The van der Waals surface area contributed by atoms with Gasteiger partial charge in [-0.25, -0.2) is 9.59 Å². The van der Waals surface area contributed by atoms with Crippen molar-refractivity contribution in [1.82, 2.24) is 5.32 Å². The van der Waals surface area contributed by atoms with E-state index in [2.05, 4.69) is 71.2 Å². The summed E-state index contributed by atoms with van der Waals surface area (Å²) in [4.78, 5) is 39.1. The van der Waals surface area contributed by atoms with Crippen molar-refractivity contribution in [3.05, 3.63) is 117 Å². The van der Waals surface area contributed by atoms with Crippen LogP contribution in [0, 0.1) is 16.7 Å². The molecule has 0 saturated heterocycles. The van der Waals surface area contributed by atoms with Gasteiger partial charge in [-0.15, -0.1) is 0 Å². The third-order valence-corrected chi connectivity index (χ3v) is 11.0. The number of alkyl carbamates (subject to hydrolysis) is 1. The number of rotatable bonds is 16. The lowest BCUT2D eigenvalue weighted by Crippen LogP contribution is -2.61. The standard InChI is InChI=1S/C49H71NO6/c1-34(24-27-40-38(5)22-16-31-47(40,10)11)18-14-19-36(3)26-29-42(43(51)52)49(44(53)54,50-45(55)56-46(7,8)9)33-30-37(4)21-15-20-35(2)25-28-41-39(6)23-17-32-48(41,12)13/h14-15,18-21,24-28,30,42H,16-17,22-23,29,31-33H2,1-13H3,(H,50,55)(H,51,52)(H,53,54)/t42?,49-/m0/s1. The molecule has 0 bridgehead atoms. The molecule has 0 heterocycles. The number of carbonyl (C=O) groups excluding carboxylic acids is 1. The highest BCUT2D eigenvalue weighted by molar-refractivity contribution is 5.91. The number of amides is 1. The minimum Gasteiger partial charge on any atom is -0.481 e. The highest BCUT2D eigenvalue weighted by Gasteiger charge is 2.50. The molecule has 1 amide bonds. The maximum Gasteiger partial charge on any atom is 0.408 e. The summed E-state index contributed by atoms with van der Waals surface area (Å²) in [6, 6.07) is 0. The summed E-state index contributed by atoms with van der Waals surface area (Å²) in [5, 5.41) is 23.6. The van der Waals surface area contributed by atoms with E-state index < -0.39 is 35.1 Å². The second-order valence-electron chi connectivity index (χ2n) is 18.2. The Morgan fingerprint density at radius 1 is 0.732 bits per heavy atom. The van der Waals surface area contributed by atoms with E-state index in [1.807, 2.05) is 64.2 Å². The first-order valence-corrected chi connectivity index (χ1v) is 20.2. The maximum atomic E-state index is 13.1. The summed E-state index contributed by atoms with van der Waals surface area (Å²) >= 11 is 0. The highest BCUT2D eigenvalue weighted by Crippen LogP contribution is 2.42. The molecule has 7 heteroatoms. The Bertz CT molecular complexity index is 1760. The van der Waals surface area contributed by atoms with Gasteiger partial charge >= 0.3 is 18.0 Å². The number of ether oxygens (including phenoxy) is 1. The van der Waals surface area contributed by atoms with Crippen LogP contribution in [0.4, 0.5) is 4.79 Å². The van der Waals surface area contributed by atoms with E-state index in [0.717, 1.165) is 35.1 Å². The molecule has 56 heavy (non-hydrogen) atoms. The molecule has 0 radical (unpaired) electrons. The average Bonchev–Trinajstić information content (AvgIpc) is 3.05. The Morgan fingerprint density at radius 3 is 1.57 bits per heavy atom. The van der Waals surface area contributed by atoms with Crippen LogP contribution >= 0.6 is 0 Å². The van der Waals surface area contributed by atoms with E-state index in [0.29, 0.717) is 0 Å². The lowest BCUT2D eigenvalue weighted by molar-refractivity contribution is -0.157. The zero-order chi connectivity index (χ0) is 42.5. The fourth-order valence-electron chi connectivity index (χ4n) is 7.60. The lowest BCUT2D eigenvalue weighted by Gasteiger charge is -2.35. The summed E-state index contributed by atoms with van der Waals surface area (Å²) < 4.78 is 5.43. The summed E-state index contributed by atoms with van der Waals surface area (Å²) in [6.45, 7) is 26.3. The number of hydrogen-bond acceptors (Lipinski definition) is 4. The van der Waals surface area contributed by atoms with E-state index in [1.54, 1.807) is 32.9 Å². The van der Waals surface area contributed by atoms with Crippen LogP contribution in [0.1, 0.15) is 141 Å². The van der Waals surface area contributed by atoms with Crippen LogP contribution in [0.15, 0.2) is 117 Å². The van der Waals surface area contributed by atoms with Crippen LogP contribution in [0.25, 0.3) is 0 Å². The number of carbonyl (C=O) groups is 3. The number of nitrogens with one attached hydrogen (secondary N) is 1. The van der Waals surface area contributed by atoms with Gasteiger partial charge in [0.2, 0.25) is 0 Å². The van der Waals surface area contributed by atoms with Gasteiger partial charge in [-0.3, -0.25) is 4.79 Å². The Balaban J connectivity index is 2.36. The molecule has 0 saturated carbocycles. The van der Waals surface area contributed by atoms with Crippen LogP contribution in [-0.4, -0.2) is 39.4 Å². The fourth-order valence-corrected chi connectivity index (χ4v) is 7.60. The van der Waals surface area contributed by atoms with Crippen molar-refractivity contribution in [3.8, 4) is 0 Å². The molecule has 2 atom stereocenters. The first-order chi connectivity index (χ1) is 25.9. The Kier molecular flexibility index (Phi) is 17.6. The van der Waals surface area contributed by atoms with Gasteiger partial charge in [-0.05, 0) is 129 Å². The molecule has 0 aliphatic heterocycles. The summed E-state index contributed by atoms with van der Waals surface area (Å²) in [7, 11) is 0. The molecule has 0 aromatic rings. The van der Waals surface area contributed by atoms with Crippen LogP contribution in [0.3, 0.4) is 0 Å². The van der Waals surface area contributed by atoms with Gasteiger partial charge in [0.15, 0.2) is 5.54 Å². The van der Waals surface area contributed by atoms with Crippen molar-refractivity contribution in [2.75, 3.05) is 0 Å². The van der Waals surface area contributed by atoms with Crippen LogP contribution in [0.2, 0.25) is 0 Å². The van der Waals surface area contributed by atoms with Gasteiger partial charge < -0.3 is 20.3 Å². The molecule has 3 N–H and O–H groups in total. The summed E-state index contributed by atoms with van der Waals surface area (Å²) in [5.41, 5.74) is 6.43. The molecule has 308 valence electrons. The number of carboxylic acids is 2. The fraction of sp³-hybridized carbons (Fsp3) is 0.531. The number of aliphatic carboxylic acids is 2.